The smallest absolute Gasteiger partial charge is 0.444 e. The Kier molecular flexibility index (Phi) is 13.1. The van der Waals surface area contributed by atoms with Gasteiger partial charge in [-0.1, -0.05) is 56.3 Å². The average Bonchev–Trinajstić information content (AvgIpc) is 3.75. The van der Waals surface area contributed by atoms with Gasteiger partial charge < -0.3 is 34.7 Å². The molecule has 1 aromatic heterocycles. The zero-order valence-corrected chi connectivity index (χ0v) is 29.6. The van der Waals surface area contributed by atoms with Gasteiger partial charge in [-0.15, -0.1) is 13.2 Å². The van der Waals surface area contributed by atoms with Crippen molar-refractivity contribution >= 4 is 17.9 Å². The van der Waals surface area contributed by atoms with Crippen LogP contribution in [0.3, 0.4) is 0 Å². The molecular weight excluding hydrogens is 667 g/mol. The molecule has 0 unspecified atom stereocenters. The molecule has 278 valence electrons. The van der Waals surface area contributed by atoms with Gasteiger partial charge in [0.05, 0.1) is 24.5 Å². The Balaban J connectivity index is 1.56. The molecule has 0 saturated carbocycles. The number of hydrogen-bond donors (Lipinski definition) is 3. The molecule has 1 aliphatic rings. The van der Waals surface area contributed by atoms with Crippen molar-refractivity contribution in [1.82, 2.24) is 25.1 Å². The maximum Gasteiger partial charge on any atom is 0.573 e. The fourth-order valence-corrected chi connectivity index (χ4v) is 6.11. The number of alkyl carbamates (subject to hydrolysis) is 1. The summed E-state index contributed by atoms with van der Waals surface area (Å²) in [6, 6.07) is 12.7. The van der Waals surface area contributed by atoms with Crippen LogP contribution in [0.15, 0.2) is 73.3 Å². The summed E-state index contributed by atoms with van der Waals surface area (Å²) in [5.74, 6) is -2.39. The van der Waals surface area contributed by atoms with Gasteiger partial charge in [0.25, 0.3) is 0 Å². The highest BCUT2D eigenvalue weighted by Crippen LogP contribution is 2.26. The molecule has 11 nitrogen and oxygen atoms in total. The number of ether oxygens (including phenoxy) is 2. The highest BCUT2D eigenvalue weighted by Gasteiger charge is 2.37. The Morgan fingerprint density at radius 1 is 0.980 bits per heavy atom. The first-order valence-corrected chi connectivity index (χ1v) is 17.1. The number of aromatic nitrogens is 2. The lowest BCUT2D eigenvalue weighted by Crippen LogP contribution is -2.53. The summed E-state index contributed by atoms with van der Waals surface area (Å²) in [7, 11) is 0. The lowest BCUT2D eigenvalue weighted by Gasteiger charge is -2.31. The van der Waals surface area contributed by atoms with E-state index >= 15 is 0 Å². The summed E-state index contributed by atoms with van der Waals surface area (Å²) in [6.45, 7) is 9.77. The number of aliphatic hydroxyl groups is 1. The number of carbonyl (C=O) groups is 3. The predicted molar refractivity (Wildman–Crippen MR) is 183 cm³/mol. The predicted octanol–water partition coefficient (Wildman–Crippen LogP) is 5.44. The minimum Gasteiger partial charge on any atom is -0.444 e. The van der Waals surface area contributed by atoms with E-state index in [0.29, 0.717) is 18.7 Å². The van der Waals surface area contributed by atoms with Crippen LogP contribution in [0.2, 0.25) is 0 Å². The van der Waals surface area contributed by atoms with Crippen molar-refractivity contribution in [3.05, 3.63) is 84.4 Å². The van der Waals surface area contributed by atoms with Gasteiger partial charge in [-0.25, -0.2) is 9.78 Å². The van der Waals surface area contributed by atoms with Gasteiger partial charge in [0.1, 0.15) is 17.4 Å². The van der Waals surface area contributed by atoms with E-state index in [1.54, 1.807) is 38.2 Å². The van der Waals surface area contributed by atoms with Gasteiger partial charge in [0, 0.05) is 31.4 Å². The van der Waals surface area contributed by atoms with Crippen molar-refractivity contribution in [1.29, 1.82) is 0 Å². The SMILES string of the molecule is CC(C)[C@H](NC(=O)[C@H](Cc1ccc(OC(F)(F)F)cc1)C[C@H](O)[C@H](Cc1ccccc1)NC(=O)OC(C)(C)C)C(=O)N1CC[C@@H](n2ccnc2)C1. The molecule has 0 spiro atoms. The number of hydrogen-bond acceptors (Lipinski definition) is 7. The lowest BCUT2D eigenvalue weighted by molar-refractivity contribution is -0.274. The van der Waals surface area contributed by atoms with Crippen molar-refractivity contribution < 1.29 is 42.1 Å². The fraction of sp³-hybridized carbons (Fsp3) is 0.514. The Hall–Kier alpha value is -4.59. The van der Waals surface area contributed by atoms with Crippen molar-refractivity contribution in [3.63, 3.8) is 0 Å². The van der Waals surface area contributed by atoms with Crippen LogP contribution in [0.1, 0.15) is 64.6 Å². The minimum absolute atomic E-state index is 0.0190. The molecule has 1 fully saturated rings. The van der Waals surface area contributed by atoms with E-state index in [4.69, 9.17) is 4.74 Å². The molecular formula is C37H48F3N5O6. The number of carbonyl (C=O) groups excluding carboxylic acids is 3. The largest absolute Gasteiger partial charge is 0.573 e. The van der Waals surface area contributed by atoms with Crippen LogP contribution in [-0.2, 0) is 27.2 Å². The van der Waals surface area contributed by atoms with E-state index in [1.165, 1.54) is 12.1 Å². The van der Waals surface area contributed by atoms with Crippen LogP contribution in [0.5, 0.6) is 5.75 Å². The molecule has 0 radical (unpaired) electrons. The normalized spacial score (nSPS) is 17.4. The molecule has 0 aliphatic carbocycles. The number of likely N-dealkylation sites (tertiary alicyclic amines) is 1. The van der Waals surface area contributed by atoms with Crippen LogP contribution in [0, 0.1) is 11.8 Å². The van der Waals surface area contributed by atoms with E-state index in [-0.39, 0.29) is 37.1 Å². The number of nitrogens with zero attached hydrogens (tertiary/aromatic N) is 3. The quantitative estimate of drug-likeness (QED) is 0.202. The van der Waals surface area contributed by atoms with Crippen molar-refractivity contribution in [3.8, 4) is 5.75 Å². The molecule has 0 bridgehead atoms. The second-order valence-electron chi connectivity index (χ2n) is 14.3. The van der Waals surface area contributed by atoms with Gasteiger partial charge in [0.2, 0.25) is 11.8 Å². The molecule has 3 N–H and O–H groups in total. The van der Waals surface area contributed by atoms with Gasteiger partial charge in [-0.3, -0.25) is 9.59 Å². The molecule has 1 saturated heterocycles. The molecule has 2 heterocycles. The van der Waals surface area contributed by atoms with Crippen LogP contribution >= 0.6 is 0 Å². The third-order valence-electron chi connectivity index (χ3n) is 8.65. The molecule has 3 aromatic rings. The number of alkyl halides is 3. The summed E-state index contributed by atoms with van der Waals surface area (Å²) in [5, 5.41) is 17.3. The molecule has 1 aliphatic heterocycles. The van der Waals surface area contributed by atoms with E-state index < -0.39 is 53.8 Å². The van der Waals surface area contributed by atoms with Crippen molar-refractivity contribution in [2.75, 3.05) is 13.1 Å². The summed E-state index contributed by atoms with van der Waals surface area (Å²) in [6.07, 6.45) is -0.803. The third-order valence-corrected chi connectivity index (χ3v) is 8.65. The van der Waals surface area contributed by atoms with Crippen LogP contribution in [-0.4, -0.2) is 80.7 Å². The summed E-state index contributed by atoms with van der Waals surface area (Å²) >= 11 is 0. The Morgan fingerprint density at radius 3 is 2.24 bits per heavy atom. The first-order chi connectivity index (χ1) is 24.0. The lowest BCUT2D eigenvalue weighted by atomic mass is 9.88. The second kappa shape index (κ2) is 17.1. The van der Waals surface area contributed by atoms with Gasteiger partial charge in [-0.2, -0.15) is 0 Å². The van der Waals surface area contributed by atoms with E-state index in [9.17, 15) is 32.7 Å². The van der Waals surface area contributed by atoms with Gasteiger partial charge >= 0.3 is 12.5 Å². The number of aliphatic hydroxyl groups excluding tert-OH is 1. The number of amides is 3. The minimum atomic E-state index is -4.87. The van der Waals surface area contributed by atoms with E-state index in [0.717, 1.165) is 24.1 Å². The number of nitrogens with one attached hydrogen (secondary N) is 2. The number of imidazole rings is 1. The first-order valence-electron chi connectivity index (χ1n) is 17.1. The monoisotopic (exact) mass is 715 g/mol. The van der Waals surface area contributed by atoms with Gasteiger partial charge in [0.15, 0.2) is 0 Å². The van der Waals surface area contributed by atoms with Crippen molar-refractivity contribution in [2.45, 2.75) is 96.5 Å². The summed E-state index contributed by atoms with van der Waals surface area (Å²) in [5.41, 5.74) is 0.527. The standard InChI is InChI=1S/C37H48F3N5O6/c1-24(2)32(34(48)44-17-15-28(22-44)45-18-16-41-23-45)43-33(47)27(19-26-11-13-29(14-12-26)50-37(38,39)40)21-31(46)30(20-25-9-7-6-8-10-25)42-35(49)51-36(3,4)5/h6-14,16,18,23-24,27-28,30-32,46H,15,17,19-22H2,1-5H3,(H,42,49)(H,43,47)/t27-,28-,30+,31+,32+/m1/s1. The molecule has 5 atom stereocenters. The molecule has 51 heavy (non-hydrogen) atoms. The molecule has 2 aromatic carbocycles. The van der Waals surface area contributed by atoms with Crippen molar-refractivity contribution in [2.24, 2.45) is 11.8 Å². The summed E-state index contributed by atoms with van der Waals surface area (Å²) < 4.78 is 49.8. The van der Waals surface area contributed by atoms with Crippen LogP contribution < -0.4 is 15.4 Å². The molecule has 4 rings (SSSR count). The zero-order chi connectivity index (χ0) is 37.3. The Labute approximate surface area is 296 Å². The third kappa shape index (κ3) is 12.3. The average molecular weight is 716 g/mol. The zero-order valence-electron chi connectivity index (χ0n) is 29.6. The number of halogens is 3. The Bertz CT molecular complexity index is 1560. The van der Waals surface area contributed by atoms with Crippen LogP contribution in [0.4, 0.5) is 18.0 Å². The number of rotatable bonds is 14. The molecule has 14 heteroatoms. The topological polar surface area (TPSA) is 135 Å². The van der Waals surface area contributed by atoms with Gasteiger partial charge in [-0.05, 0) is 75.6 Å². The fourth-order valence-electron chi connectivity index (χ4n) is 6.11. The highest BCUT2D eigenvalue weighted by atomic mass is 19.4. The Morgan fingerprint density at radius 2 is 1.65 bits per heavy atom. The second-order valence-corrected chi connectivity index (χ2v) is 14.3. The van der Waals surface area contributed by atoms with E-state index in [1.807, 2.05) is 54.9 Å². The summed E-state index contributed by atoms with van der Waals surface area (Å²) in [4.78, 5) is 46.6. The maximum absolute atomic E-state index is 14.1. The highest BCUT2D eigenvalue weighted by molar-refractivity contribution is 5.89. The number of benzene rings is 2. The molecule has 3 amide bonds. The van der Waals surface area contributed by atoms with Crippen LogP contribution in [0.25, 0.3) is 0 Å². The van der Waals surface area contributed by atoms with E-state index in [2.05, 4.69) is 20.4 Å². The maximum atomic E-state index is 14.1. The first kappa shape index (κ1) is 39.2.